The summed E-state index contributed by atoms with van der Waals surface area (Å²) in [5, 5.41) is 2.88. The van der Waals surface area contributed by atoms with Crippen LogP contribution in [0.4, 0.5) is 0 Å². The molecule has 11 nitrogen and oxygen atoms in total. The Kier molecular flexibility index (Phi) is 10.5. The average Bonchev–Trinajstić information content (AvgIpc) is 3.24. The summed E-state index contributed by atoms with van der Waals surface area (Å²) in [5.74, 6) is -4.19. The third-order valence-corrected chi connectivity index (χ3v) is 5.48. The summed E-state index contributed by atoms with van der Waals surface area (Å²) in [6.45, 7) is 0.0128. The molecule has 11 heteroatoms. The molecule has 3 amide bonds. The van der Waals surface area contributed by atoms with Crippen LogP contribution < -0.4 is 5.32 Å². The molecule has 0 radical (unpaired) electrons. The molecular formula is C27H28N2O9. The third kappa shape index (κ3) is 9.16. The van der Waals surface area contributed by atoms with E-state index >= 15 is 0 Å². The first kappa shape index (κ1) is 28.0. The predicted molar refractivity (Wildman–Crippen MR) is 130 cm³/mol. The first-order chi connectivity index (χ1) is 18.3. The van der Waals surface area contributed by atoms with Crippen molar-refractivity contribution < 1.29 is 43.1 Å². The van der Waals surface area contributed by atoms with Gasteiger partial charge in [-0.1, -0.05) is 60.7 Å². The molecule has 0 bridgehead atoms. The first-order valence-corrected chi connectivity index (χ1v) is 12.1. The van der Waals surface area contributed by atoms with Crippen molar-refractivity contribution in [3.63, 3.8) is 0 Å². The topological polar surface area (TPSA) is 145 Å². The van der Waals surface area contributed by atoms with E-state index in [1.54, 1.807) is 42.5 Å². The van der Waals surface area contributed by atoms with Gasteiger partial charge in [0.2, 0.25) is 5.91 Å². The van der Waals surface area contributed by atoms with Crippen LogP contribution in [-0.2, 0) is 56.3 Å². The van der Waals surface area contributed by atoms with E-state index in [0.717, 1.165) is 11.1 Å². The van der Waals surface area contributed by atoms with E-state index in [9.17, 15) is 28.8 Å². The fourth-order valence-electron chi connectivity index (χ4n) is 3.44. The molecule has 1 aliphatic rings. The zero-order valence-corrected chi connectivity index (χ0v) is 20.6. The van der Waals surface area contributed by atoms with Gasteiger partial charge in [0.25, 0.3) is 11.8 Å². The molecule has 3 rings (SSSR count). The highest BCUT2D eigenvalue weighted by Crippen LogP contribution is 2.14. The summed E-state index contributed by atoms with van der Waals surface area (Å²) in [6, 6.07) is 16.7. The summed E-state index contributed by atoms with van der Waals surface area (Å²) in [5.41, 5.74) is 1.52. The molecule has 1 saturated heterocycles. The van der Waals surface area contributed by atoms with Gasteiger partial charge in [0.15, 0.2) is 0 Å². The van der Waals surface area contributed by atoms with Crippen LogP contribution in [0.2, 0.25) is 0 Å². The minimum Gasteiger partial charge on any atom is -0.461 e. The van der Waals surface area contributed by atoms with Crippen molar-refractivity contribution in [1.82, 2.24) is 10.4 Å². The molecule has 1 aliphatic heterocycles. The van der Waals surface area contributed by atoms with Crippen molar-refractivity contribution >= 4 is 35.6 Å². The summed E-state index contributed by atoms with van der Waals surface area (Å²) < 4.78 is 10.4. The number of hydrogen-bond donors (Lipinski definition) is 1. The van der Waals surface area contributed by atoms with Crippen molar-refractivity contribution in [1.29, 1.82) is 0 Å². The Bertz CT molecular complexity index is 1140. The quantitative estimate of drug-likeness (QED) is 0.308. The third-order valence-electron chi connectivity index (χ3n) is 5.48. The van der Waals surface area contributed by atoms with Gasteiger partial charge < -0.3 is 19.6 Å². The van der Waals surface area contributed by atoms with E-state index in [4.69, 9.17) is 14.3 Å². The number of nitrogens with zero attached hydrogens (tertiary/aromatic N) is 1. The minimum absolute atomic E-state index is 0.0512. The highest BCUT2D eigenvalue weighted by atomic mass is 16.7. The van der Waals surface area contributed by atoms with Crippen LogP contribution in [0.15, 0.2) is 60.7 Å². The second-order valence-corrected chi connectivity index (χ2v) is 8.44. The molecule has 0 aliphatic carbocycles. The molecule has 2 aromatic rings. The maximum Gasteiger partial charge on any atom is 0.333 e. The number of rotatable bonds is 13. The lowest BCUT2D eigenvalue weighted by Gasteiger charge is -2.18. The second kappa shape index (κ2) is 14.3. The minimum atomic E-state index is -1.23. The Hall–Kier alpha value is -4.54. The van der Waals surface area contributed by atoms with Crippen LogP contribution >= 0.6 is 0 Å². The van der Waals surface area contributed by atoms with E-state index < -0.39 is 41.7 Å². The molecule has 1 fully saturated rings. The first-order valence-electron chi connectivity index (χ1n) is 12.1. The number of carbonyl (C=O) groups is 6. The number of ether oxygens (including phenoxy) is 2. The van der Waals surface area contributed by atoms with Gasteiger partial charge in [0, 0.05) is 19.3 Å². The fourth-order valence-corrected chi connectivity index (χ4v) is 3.44. The largest absolute Gasteiger partial charge is 0.461 e. The summed E-state index contributed by atoms with van der Waals surface area (Å²) >= 11 is 0. The number of hydrogen-bond acceptors (Lipinski definition) is 9. The molecule has 200 valence electrons. The van der Waals surface area contributed by atoms with Gasteiger partial charge in [0.1, 0.15) is 19.3 Å². The molecular weight excluding hydrogens is 496 g/mol. The van der Waals surface area contributed by atoms with E-state index in [0.29, 0.717) is 5.06 Å². The smallest absolute Gasteiger partial charge is 0.333 e. The zero-order chi connectivity index (χ0) is 27.3. The van der Waals surface area contributed by atoms with Gasteiger partial charge in [-0.15, -0.1) is 5.06 Å². The van der Waals surface area contributed by atoms with Crippen LogP contribution in [0.3, 0.4) is 0 Å². The number of benzene rings is 2. The number of carbonyl (C=O) groups excluding carboxylic acids is 6. The van der Waals surface area contributed by atoms with Crippen LogP contribution in [-0.4, -0.2) is 46.7 Å². The number of amides is 3. The maximum absolute atomic E-state index is 12.7. The molecule has 38 heavy (non-hydrogen) atoms. The maximum atomic E-state index is 12.7. The van der Waals surface area contributed by atoms with Gasteiger partial charge in [-0.05, 0) is 17.5 Å². The van der Waals surface area contributed by atoms with Gasteiger partial charge >= 0.3 is 17.9 Å². The van der Waals surface area contributed by atoms with Crippen molar-refractivity contribution in [2.75, 3.05) is 0 Å². The van der Waals surface area contributed by atoms with Gasteiger partial charge in [-0.2, -0.15) is 0 Å². The molecule has 1 heterocycles. The second-order valence-electron chi connectivity index (χ2n) is 8.44. The summed E-state index contributed by atoms with van der Waals surface area (Å²) in [7, 11) is 0. The molecule has 1 atom stereocenters. The zero-order valence-electron chi connectivity index (χ0n) is 20.6. The summed E-state index contributed by atoms with van der Waals surface area (Å²) in [4.78, 5) is 77.5. The van der Waals surface area contributed by atoms with Crippen LogP contribution in [0.1, 0.15) is 49.7 Å². The molecule has 0 unspecified atom stereocenters. The molecule has 0 saturated carbocycles. The molecule has 2 aromatic carbocycles. The normalized spacial score (nSPS) is 13.5. The van der Waals surface area contributed by atoms with Gasteiger partial charge in [0.05, 0.1) is 12.8 Å². The Labute approximate surface area is 219 Å². The average molecular weight is 525 g/mol. The lowest BCUT2D eigenvalue weighted by molar-refractivity contribution is -0.197. The molecule has 0 aromatic heterocycles. The van der Waals surface area contributed by atoms with Crippen LogP contribution in [0.25, 0.3) is 0 Å². The van der Waals surface area contributed by atoms with Crippen LogP contribution in [0.5, 0.6) is 0 Å². The van der Waals surface area contributed by atoms with E-state index in [1.807, 2.05) is 18.2 Å². The van der Waals surface area contributed by atoms with Crippen molar-refractivity contribution in [3.05, 3.63) is 71.8 Å². The predicted octanol–water partition coefficient (Wildman–Crippen LogP) is 2.13. The monoisotopic (exact) mass is 524 g/mol. The van der Waals surface area contributed by atoms with Crippen molar-refractivity contribution in [3.8, 4) is 0 Å². The summed E-state index contributed by atoms with van der Waals surface area (Å²) in [6.07, 6.45) is -1.17. The van der Waals surface area contributed by atoms with Gasteiger partial charge in [-0.3, -0.25) is 19.2 Å². The number of imide groups is 1. The highest BCUT2D eigenvalue weighted by Gasteiger charge is 2.33. The molecule has 1 N–H and O–H groups in total. The Morgan fingerprint density at radius 3 is 1.87 bits per heavy atom. The van der Waals surface area contributed by atoms with E-state index in [2.05, 4.69) is 5.32 Å². The Balaban J connectivity index is 1.51. The fraction of sp³-hybridized carbons (Fsp3) is 0.333. The van der Waals surface area contributed by atoms with Crippen molar-refractivity contribution in [2.24, 2.45) is 0 Å². The highest BCUT2D eigenvalue weighted by molar-refractivity contribution is 6.01. The van der Waals surface area contributed by atoms with Gasteiger partial charge in [-0.25, -0.2) is 9.59 Å². The van der Waals surface area contributed by atoms with Crippen LogP contribution in [0, 0.1) is 0 Å². The number of hydroxylamine groups is 2. The molecule has 0 spiro atoms. The van der Waals surface area contributed by atoms with E-state index in [1.165, 1.54) is 0 Å². The van der Waals surface area contributed by atoms with Crippen molar-refractivity contribution in [2.45, 2.75) is 57.8 Å². The number of esters is 2. The standard InChI is InChI=1S/C27H28N2O9/c30-22(12-16-25(33)36-17-19-7-3-1-4-8-19)28-21(27(35)37-18-20-9-5-2-6-10-20)11-15-26(34)38-29-23(31)13-14-24(29)32/h1-10,21H,11-18H2,(H,28,30)/t21-/m0/s1. The number of nitrogens with one attached hydrogen (secondary N) is 1. The van der Waals surface area contributed by atoms with E-state index in [-0.39, 0.29) is 51.7 Å². The Morgan fingerprint density at radius 1 is 0.737 bits per heavy atom. The lowest BCUT2D eigenvalue weighted by Crippen LogP contribution is -2.42. The SMILES string of the molecule is O=C(CCC(=O)OCc1ccccc1)N[C@@H](CCC(=O)ON1C(=O)CCC1=O)C(=O)OCc1ccccc1. The Morgan fingerprint density at radius 2 is 1.29 bits per heavy atom. The lowest BCUT2D eigenvalue weighted by atomic mass is 10.1.